The van der Waals surface area contributed by atoms with Gasteiger partial charge >= 0.3 is 5.69 Å². The number of piperidine rings is 1. The molecule has 1 heterocycles. The van der Waals surface area contributed by atoms with Crippen LogP contribution in [-0.2, 0) is 4.79 Å². The predicted molar refractivity (Wildman–Crippen MR) is 100 cm³/mol. The molecule has 0 spiro atoms. The molecule has 2 aromatic rings. The molecule has 1 N–H and O–H groups in total. The Balaban J connectivity index is 1.80. The van der Waals surface area contributed by atoms with Gasteiger partial charge in [-0.25, -0.2) is 0 Å². The molecule has 3 rings (SSSR count). The molecule has 2 amide bonds. The average Bonchev–Trinajstić information content (AvgIpc) is 2.68. The van der Waals surface area contributed by atoms with Crippen molar-refractivity contribution in [2.75, 3.05) is 23.9 Å². The van der Waals surface area contributed by atoms with E-state index in [1.165, 1.54) is 25.3 Å². The Bertz CT molecular complexity index is 897. The maximum absolute atomic E-state index is 12.5. The van der Waals surface area contributed by atoms with E-state index in [0.29, 0.717) is 18.7 Å². The third kappa shape index (κ3) is 4.05. The molecule has 0 aliphatic carbocycles. The first kappa shape index (κ1) is 18.4. The summed E-state index contributed by atoms with van der Waals surface area (Å²) in [4.78, 5) is 36.8. The van der Waals surface area contributed by atoms with Crippen LogP contribution in [0.3, 0.4) is 0 Å². The number of anilines is 2. The Morgan fingerprint density at radius 2 is 2.04 bits per heavy atom. The van der Waals surface area contributed by atoms with E-state index in [1.807, 2.05) is 6.07 Å². The van der Waals surface area contributed by atoms with Gasteiger partial charge in [0.1, 0.15) is 0 Å². The highest BCUT2D eigenvalue weighted by molar-refractivity contribution is 6.05. The van der Waals surface area contributed by atoms with E-state index >= 15 is 0 Å². The molecule has 8 nitrogen and oxygen atoms in total. The summed E-state index contributed by atoms with van der Waals surface area (Å²) in [6.07, 6.45) is 2.35. The average molecular weight is 369 g/mol. The molecule has 0 aromatic heterocycles. The topological polar surface area (TPSA) is 102 Å². The number of ether oxygens (including phenoxy) is 1. The number of amides is 2. The third-order valence-corrected chi connectivity index (χ3v) is 4.38. The molecule has 0 atom stereocenters. The van der Waals surface area contributed by atoms with Crippen LogP contribution in [0, 0.1) is 10.1 Å². The number of nitro groups is 1. The molecular formula is C19H19N3O5. The summed E-state index contributed by atoms with van der Waals surface area (Å²) >= 11 is 0. The predicted octanol–water partition coefficient (Wildman–Crippen LogP) is 3.37. The Hall–Kier alpha value is -3.42. The van der Waals surface area contributed by atoms with Crippen LogP contribution in [0.4, 0.5) is 17.1 Å². The summed E-state index contributed by atoms with van der Waals surface area (Å²) in [5.41, 5.74) is 1.09. The minimum Gasteiger partial charge on any atom is -0.490 e. The number of nitrogens with zero attached hydrogens (tertiary/aromatic N) is 2. The summed E-state index contributed by atoms with van der Waals surface area (Å²) in [6, 6.07) is 11.0. The largest absolute Gasteiger partial charge is 0.490 e. The van der Waals surface area contributed by atoms with Crippen LogP contribution in [0.15, 0.2) is 42.5 Å². The molecule has 0 radical (unpaired) electrons. The summed E-state index contributed by atoms with van der Waals surface area (Å²) in [5.74, 6) is -0.333. The Morgan fingerprint density at radius 3 is 2.74 bits per heavy atom. The monoisotopic (exact) mass is 369 g/mol. The van der Waals surface area contributed by atoms with Crippen LogP contribution in [0.2, 0.25) is 0 Å². The van der Waals surface area contributed by atoms with Gasteiger partial charge in [-0.3, -0.25) is 19.7 Å². The second-order valence-corrected chi connectivity index (χ2v) is 6.15. The normalized spacial score (nSPS) is 14.0. The van der Waals surface area contributed by atoms with Gasteiger partial charge in [-0.2, -0.15) is 0 Å². The third-order valence-electron chi connectivity index (χ3n) is 4.38. The first-order valence-corrected chi connectivity index (χ1v) is 8.54. The molecular weight excluding hydrogens is 350 g/mol. The summed E-state index contributed by atoms with van der Waals surface area (Å²) in [7, 11) is 1.33. The molecule has 0 bridgehead atoms. The number of carbonyl (C=O) groups excluding carboxylic acids is 2. The molecule has 1 aliphatic rings. The number of rotatable bonds is 5. The second kappa shape index (κ2) is 7.86. The summed E-state index contributed by atoms with van der Waals surface area (Å²) in [5, 5.41) is 13.8. The number of carbonyl (C=O) groups is 2. The fourth-order valence-corrected chi connectivity index (χ4v) is 3.01. The number of hydrogen-bond acceptors (Lipinski definition) is 5. The van der Waals surface area contributed by atoms with Gasteiger partial charge in [-0.05, 0) is 43.2 Å². The van der Waals surface area contributed by atoms with E-state index in [-0.39, 0.29) is 22.9 Å². The minimum atomic E-state index is -0.599. The lowest BCUT2D eigenvalue weighted by molar-refractivity contribution is -0.385. The molecule has 27 heavy (non-hydrogen) atoms. The quantitative estimate of drug-likeness (QED) is 0.643. The number of benzene rings is 2. The smallest absolute Gasteiger partial charge is 0.311 e. The minimum absolute atomic E-state index is 0.0653. The van der Waals surface area contributed by atoms with E-state index in [2.05, 4.69) is 5.32 Å². The highest BCUT2D eigenvalue weighted by atomic mass is 16.6. The lowest BCUT2D eigenvalue weighted by Gasteiger charge is -2.27. The Morgan fingerprint density at radius 1 is 1.22 bits per heavy atom. The van der Waals surface area contributed by atoms with E-state index in [0.717, 1.165) is 18.5 Å². The standard InChI is InChI=1S/C19H19N3O5/c1-27-17-9-8-13(11-16(17)22(25)26)19(24)20-14-5-4-6-15(12-14)21-10-3-2-7-18(21)23/h4-6,8-9,11-12H,2-3,7,10H2,1H3,(H,20,24). The van der Waals surface area contributed by atoms with Crippen molar-refractivity contribution in [2.24, 2.45) is 0 Å². The van der Waals surface area contributed by atoms with Crippen LogP contribution >= 0.6 is 0 Å². The van der Waals surface area contributed by atoms with Crippen molar-refractivity contribution in [3.8, 4) is 5.75 Å². The van der Waals surface area contributed by atoms with Crippen molar-refractivity contribution in [3.63, 3.8) is 0 Å². The maximum atomic E-state index is 12.5. The van der Waals surface area contributed by atoms with Gasteiger partial charge < -0.3 is 15.0 Å². The molecule has 8 heteroatoms. The number of nitro benzene ring substituents is 1. The lowest BCUT2D eigenvalue weighted by Crippen LogP contribution is -2.35. The fraction of sp³-hybridized carbons (Fsp3) is 0.263. The number of hydrogen-bond donors (Lipinski definition) is 1. The van der Waals surface area contributed by atoms with E-state index < -0.39 is 10.8 Å². The SMILES string of the molecule is COc1ccc(C(=O)Nc2cccc(N3CCCCC3=O)c2)cc1[N+](=O)[O-]. The molecule has 1 aliphatic heterocycles. The van der Waals surface area contributed by atoms with Crippen molar-refractivity contribution < 1.29 is 19.2 Å². The maximum Gasteiger partial charge on any atom is 0.311 e. The van der Waals surface area contributed by atoms with Crippen molar-refractivity contribution in [2.45, 2.75) is 19.3 Å². The van der Waals surface area contributed by atoms with Gasteiger partial charge in [0.15, 0.2) is 5.75 Å². The highest BCUT2D eigenvalue weighted by Gasteiger charge is 2.21. The second-order valence-electron chi connectivity index (χ2n) is 6.15. The first-order valence-electron chi connectivity index (χ1n) is 8.54. The first-order chi connectivity index (χ1) is 13.0. The molecule has 0 unspecified atom stereocenters. The molecule has 1 fully saturated rings. The van der Waals surface area contributed by atoms with Crippen LogP contribution in [-0.4, -0.2) is 30.4 Å². The van der Waals surface area contributed by atoms with Crippen molar-refractivity contribution in [3.05, 3.63) is 58.1 Å². The van der Waals surface area contributed by atoms with Crippen molar-refractivity contribution in [1.29, 1.82) is 0 Å². The van der Waals surface area contributed by atoms with Gasteiger partial charge in [0.2, 0.25) is 5.91 Å². The van der Waals surface area contributed by atoms with Gasteiger partial charge in [0, 0.05) is 36.0 Å². The lowest BCUT2D eigenvalue weighted by atomic mass is 10.1. The van der Waals surface area contributed by atoms with Crippen LogP contribution in [0.1, 0.15) is 29.6 Å². The zero-order valence-electron chi connectivity index (χ0n) is 14.8. The van der Waals surface area contributed by atoms with Crippen LogP contribution in [0.25, 0.3) is 0 Å². The summed E-state index contributed by atoms with van der Waals surface area (Å²) in [6.45, 7) is 0.654. The van der Waals surface area contributed by atoms with Gasteiger partial charge in [0.25, 0.3) is 5.91 Å². The fourth-order valence-electron chi connectivity index (χ4n) is 3.01. The van der Waals surface area contributed by atoms with Crippen LogP contribution in [0.5, 0.6) is 5.75 Å². The van der Waals surface area contributed by atoms with E-state index in [4.69, 9.17) is 4.74 Å². The highest BCUT2D eigenvalue weighted by Crippen LogP contribution is 2.28. The van der Waals surface area contributed by atoms with Gasteiger partial charge in [-0.1, -0.05) is 6.07 Å². The zero-order chi connectivity index (χ0) is 19.4. The number of methoxy groups -OCH3 is 1. The van der Waals surface area contributed by atoms with Crippen molar-refractivity contribution >= 4 is 28.9 Å². The molecule has 1 saturated heterocycles. The van der Waals surface area contributed by atoms with E-state index in [9.17, 15) is 19.7 Å². The number of nitrogens with one attached hydrogen (secondary N) is 1. The Kier molecular flexibility index (Phi) is 5.35. The van der Waals surface area contributed by atoms with E-state index in [1.54, 1.807) is 23.1 Å². The summed E-state index contributed by atoms with van der Waals surface area (Å²) < 4.78 is 4.94. The van der Waals surface area contributed by atoms with Crippen LogP contribution < -0.4 is 15.0 Å². The molecule has 2 aromatic carbocycles. The van der Waals surface area contributed by atoms with Gasteiger partial charge in [-0.15, -0.1) is 0 Å². The van der Waals surface area contributed by atoms with Gasteiger partial charge in [0.05, 0.1) is 12.0 Å². The Labute approximate surface area is 155 Å². The van der Waals surface area contributed by atoms with Crippen molar-refractivity contribution in [1.82, 2.24) is 0 Å². The zero-order valence-corrected chi connectivity index (χ0v) is 14.8. The molecule has 0 saturated carbocycles. The molecule has 140 valence electrons.